The lowest BCUT2D eigenvalue weighted by atomic mass is 9.95. The van der Waals surface area contributed by atoms with Crippen molar-refractivity contribution in [3.8, 4) is 16.9 Å². The quantitative estimate of drug-likeness (QED) is 0.756. The van der Waals surface area contributed by atoms with Crippen LogP contribution in [0.4, 0.5) is 10.1 Å². The Morgan fingerprint density at radius 1 is 1.31 bits per heavy atom. The third-order valence-electron chi connectivity index (χ3n) is 4.60. The van der Waals surface area contributed by atoms with Crippen molar-refractivity contribution in [1.29, 1.82) is 0 Å². The highest BCUT2D eigenvalue weighted by Crippen LogP contribution is 2.29. The SMILES string of the molecule is Cc1cc(NC(=O)C2COc3ccc(F)cc3C2)ccc1-c1cn[nH]c1. The molecule has 2 N–H and O–H groups in total. The number of nitrogens with one attached hydrogen (secondary N) is 2. The molecular weight excluding hydrogens is 333 g/mol. The van der Waals surface area contributed by atoms with Gasteiger partial charge in [0.1, 0.15) is 18.2 Å². The Hall–Kier alpha value is -3.15. The average Bonchev–Trinajstić information content (AvgIpc) is 3.15. The van der Waals surface area contributed by atoms with Gasteiger partial charge in [0, 0.05) is 17.4 Å². The highest BCUT2D eigenvalue weighted by molar-refractivity contribution is 5.93. The van der Waals surface area contributed by atoms with Gasteiger partial charge in [0.05, 0.1) is 12.1 Å². The van der Waals surface area contributed by atoms with Gasteiger partial charge in [-0.2, -0.15) is 5.10 Å². The number of aromatic nitrogens is 2. The van der Waals surface area contributed by atoms with E-state index in [1.165, 1.54) is 12.1 Å². The molecule has 5 nitrogen and oxygen atoms in total. The van der Waals surface area contributed by atoms with Crippen LogP contribution in [0.3, 0.4) is 0 Å². The van der Waals surface area contributed by atoms with Gasteiger partial charge in [-0.25, -0.2) is 4.39 Å². The number of aromatic amines is 1. The molecule has 0 radical (unpaired) electrons. The van der Waals surface area contributed by atoms with Crippen LogP contribution in [0.15, 0.2) is 48.8 Å². The van der Waals surface area contributed by atoms with Crippen LogP contribution in [0.5, 0.6) is 5.75 Å². The molecule has 26 heavy (non-hydrogen) atoms. The number of ether oxygens (including phenoxy) is 1. The monoisotopic (exact) mass is 351 g/mol. The molecule has 1 aromatic heterocycles. The zero-order valence-electron chi connectivity index (χ0n) is 14.3. The molecule has 0 bridgehead atoms. The minimum Gasteiger partial charge on any atom is -0.492 e. The number of hydrogen-bond donors (Lipinski definition) is 2. The van der Waals surface area contributed by atoms with E-state index in [9.17, 15) is 9.18 Å². The third kappa shape index (κ3) is 3.18. The first-order valence-electron chi connectivity index (χ1n) is 8.42. The first-order chi connectivity index (χ1) is 12.6. The molecule has 0 saturated carbocycles. The highest BCUT2D eigenvalue weighted by atomic mass is 19.1. The third-order valence-corrected chi connectivity index (χ3v) is 4.60. The summed E-state index contributed by atoms with van der Waals surface area (Å²) < 4.78 is 19.0. The largest absolute Gasteiger partial charge is 0.492 e. The molecule has 2 heterocycles. The van der Waals surface area contributed by atoms with Gasteiger partial charge >= 0.3 is 0 Å². The molecule has 1 aliphatic heterocycles. The molecular formula is C20H18FN3O2. The molecule has 4 rings (SSSR count). The van der Waals surface area contributed by atoms with Crippen LogP contribution < -0.4 is 10.1 Å². The van der Waals surface area contributed by atoms with Crippen LogP contribution in [0.1, 0.15) is 11.1 Å². The molecule has 0 aliphatic carbocycles. The van der Waals surface area contributed by atoms with Crippen LogP contribution in [0.25, 0.3) is 11.1 Å². The molecule has 0 spiro atoms. The molecule has 132 valence electrons. The summed E-state index contributed by atoms with van der Waals surface area (Å²) in [7, 11) is 0. The van der Waals surface area contributed by atoms with E-state index in [2.05, 4.69) is 15.5 Å². The zero-order chi connectivity index (χ0) is 18.1. The van der Waals surface area contributed by atoms with Crippen molar-refractivity contribution in [1.82, 2.24) is 10.2 Å². The molecule has 0 fully saturated rings. The number of aryl methyl sites for hydroxylation is 1. The Morgan fingerprint density at radius 3 is 2.96 bits per heavy atom. The molecule has 2 aromatic carbocycles. The van der Waals surface area contributed by atoms with Gasteiger partial charge in [-0.1, -0.05) is 6.07 Å². The highest BCUT2D eigenvalue weighted by Gasteiger charge is 2.26. The van der Waals surface area contributed by atoms with Gasteiger partial charge in [-0.15, -0.1) is 0 Å². The number of halogens is 1. The van der Waals surface area contributed by atoms with E-state index in [1.54, 1.807) is 12.3 Å². The Kier molecular flexibility index (Phi) is 4.16. The van der Waals surface area contributed by atoms with Gasteiger partial charge in [0.2, 0.25) is 5.91 Å². The molecule has 1 aliphatic rings. The van der Waals surface area contributed by atoms with Crippen LogP contribution in [0.2, 0.25) is 0 Å². The number of benzene rings is 2. The van der Waals surface area contributed by atoms with Crippen molar-refractivity contribution in [2.24, 2.45) is 5.92 Å². The summed E-state index contributed by atoms with van der Waals surface area (Å²) in [4.78, 5) is 12.6. The number of carbonyl (C=O) groups is 1. The van der Waals surface area contributed by atoms with Crippen molar-refractivity contribution < 1.29 is 13.9 Å². The molecule has 0 saturated heterocycles. The summed E-state index contributed by atoms with van der Waals surface area (Å²) in [5.74, 6) is -0.150. The summed E-state index contributed by atoms with van der Waals surface area (Å²) in [6.07, 6.45) is 4.05. The minimum absolute atomic E-state index is 0.129. The molecule has 1 amide bonds. The molecule has 6 heteroatoms. The van der Waals surface area contributed by atoms with E-state index in [4.69, 9.17) is 4.74 Å². The summed E-state index contributed by atoms with van der Waals surface area (Å²) >= 11 is 0. The maximum atomic E-state index is 13.4. The number of hydrogen-bond acceptors (Lipinski definition) is 3. The summed E-state index contributed by atoms with van der Waals surface area (Å²) in [5, 5.41) is 9.69. The van der Waals surface area contributed by atoms with Crippen LogP contribution in [-0.2, 0) is 11.2 Å². The fraction of sp³-hybridized carbons (Fsp3) is 0.200. The fourth-order valence-corrected chi connectivity index (χ4v) is 3.24. The van der Waals surface area contributed by atoms with Crippen LogP contribution in [-0.4, -0.2) is 22.7 Å². The Bertz CT molecular complexity index is 954. The molecule has 3 aromatic rings. The first-order valence-corrected chi connectivity index (χ1v) is 8.42. The standard InChI is InChI=1S/C20H18FN3O2/c1-12-6-17(3-4-18(12)15-9-22-23-10-15)24-20(25)14-7-13-8-16(21)2-5-19(13)26-11-14/h2-6,8-10,14H,7,11H2,1H3,(H,22,23)(H,24,25). The predicted molar refractivity (Wildman–Crippen MR) is 96.5 cm³/mol. The smallest absolute Gasteiger partial charge is 0.231 e. The predicted octanol–water partition coefficient (Wildman–Crippen LogP) is 3.71. The lowest BCUT2D eigenvalue weighted by Gasteiger charge is -2.24. The van der Waals surface area contributed by atoms with E-state index >= 15 is 0 Å². The number of nitrogens with zero attached hydrogens (tertiary/aromatic N) is 1. The van der Waals surface area contributed by atoms with Gasteiger partial charge in [-0.05, 0) is 60.4 Å². The van der Waals surface area contributed by atoms with Crippen molar-refractivity contribution in [2.75, 3.05) is 11.9 Å². The normalized spacial score (nSPS) is 15.8. The van der Waals surface area contributed by atoms with Gasteiger partial charge in [0.15, 0.2) is 0 Å². The van der Waals surface area contributed by atoms with E-state index in [-0.39, 0.29) is 24.2 Å². The lowest BCUT2D eigenvalue weighted by Crippen LogP contribution is -2.32. The number of anilines is 1. The summed E-state index contributed by atoms with van der Waals surface area (Å²) in [6.45, 7) is 2.28. The summed E-state index contributed by atoms with van der Waals surface area (Å²) in [5.41, 5.74) is 4.55. The second-order valence-electron chi connectivity index (χ2n) is 6.47. The van der Waals surface area contributed by atoms with Gasteiger partial charge in [-0.3, -0.25) is 9.89 Å². The Labute approximate surface area is 150 Å². The van der Waals surface area contributed by atoms with E-state index in [0.717, 1.165) is 27.9 Å². The van der Waals surface area contributed by atoms with Gasteiger partial charge in [0.25, 0.3) is 0 Å². The van der Waals surface area contributed by atoms with E-state index < -0.39 is 0 Å². The lowest BCUT2D eigenvalue weighted by molar-refractivity contribution is -0.121. The Balaban J connectivity index is 1.48. The Morgan fingerprint density at radius 2 is 2.19 bits per heavy atom. The van der Waals surface area contributed by atoms with Gasteiger partial charge < -0.3 is 10.1 Å². The number of fused-ring (bicyclic) bond motifs is 1. The fourth-order valence-electron chi connectivity index (χ4n) is 3.24. The van der Waals surface area contributed by atoms with Crippen molar-refractivity contribution in [3.63, 3.8) is 0 Å². The summed E-state index contributed by atoms with van der Waals surface area (Å²) in [6, 6.07) is 10.2. The second kappa shape index (κ2) is 6.63. The zero-order valence-corrected chi connectivity index (χ0v) is 14.3. The van der Waals surface area contributed by atoms with Crippen molar-refractivity contribution in [2.45, 2.75) is 13.3 Å². The first kappa shape index (κ1) is 16.3. The number of carbonyl (C=O) groups excluding carboxylic acids is 1. The topological polar surface area (TPSA) is 67.0 Å². The number of amides is 1. The van der Waals surface area contributed by atoms with Crippen molar-refractivity contribution in [3.05, 3.63) is 65.7 Å². The van der Waals surface area contributed by atoms with Crippen LogP contribution in [0, 0.1) is 18.7 Å². The minimum atomic E-state index is -0.349. The molecule has 1 atom stereocenters. The number of H-pyrrole nitrogens is 1. The van der Waals surface area contributed by atoms with Crippen LogP contribution >= 0.6 is 0 Å². The maximum Gasteiger partial charge on any atom is 0.231 e. The van der Waals surface area contributed by atoms with E-state index in [1.807, 2.05) is 31.3 Å². The number of rotatable bonds is 3. The second-order valence-corrected chi connectivity index (χ2v) is 6.47. The van der Waals surface area contributed by atoms with Crippen molar-refractivity contribution >= 4 is 11.6 Å². The van der Waals surface area contributed by atoms with E-state index in [0.29, 0.717) is 12.2 Å². The molecule has 1 unspecified atom stereocenters. The average molecular weight is 351 g/mol. The maximum absolute atomic E-state index is 13.4.